The summed E-state index contributed by atoms with van der Waals surface area (Å²) >= 11 is 0. The largest absolute Gasteiger partial charge is 0.352 e. The van der Waals surface area contributed by atoms with E-state index < -0.39 is 0 Å². The van der Waals surface area contributed by atoms with Gasteiger partial charge in [0, 0.05) is 45.5 Å². The minimum absolute atomic E-state index is 0. The molecule has 0 saturated heterocycles. The third-order valence-corrected chi connectivity index (χ3v) is 2.54. The van der Waals surface area contributed by atoms with Crippen LogP contribution in [0.4, 0.5) is 0 Å². The van der Waals surface area contributed by atoms with E-state index in [1.807, 2.05) is 31.0 Å². The molecule has 1 aliphatic rings. The van der Waals surface area contributed by atoms with Gasteiger partial charge in [-0.2, -0.15) is 29.8 Å². The summed E-state index contributed by atoms with van der Waals surface area (Å²) in [6.45, 7) is 5.97. The van der Waals surface area contributed by atoms with Crippen molar-refractivity contribution >= 4 is 5.57 Å². The van der Waals surface area contributed by atoms with E-state index in [9.17, 15) is 0 Å². The summed E-state index contributed by atoms with van der Waals surface area (Å²) in [6, 6.07) is 9.42. The smallest absolute Gasteiger partial charge is 0.0330 e. The Hall–Kier alpha value is -0.656. The van der Waals surface area contributed by atoms with Crippen LogP contribution in [-0.2, 0) is 32.7 Å². The Morgan fingerprint density at radius 1 is 1.25 bits per heavy atom. The molecule has 0 aliphatic carbocycles. The first kappa shape index (κ1) is 13.4. The van der Waals surface area contributed by atoms with Crippen molar-refractivity contribution in [2.75, 3.05) is 7.05 Å². The summed E-state index contributed by atoms with van der Waals surface area (Å²) in [7, 11) is 2.00. The van der Waals surface area contributed by atoms with Crippen LogP contribution in [0.3, 0.4) is 0 Å². The molecule has 1 aromatic carbocycles. The van der Waals surface area contributed by atoms with Gasteiger partial charge >= 0.3 is 0 Å². The average Bonchev–Trinajstić information content (AvgIpc) is 2.23. The van der Waals surface area contributed by atoms with Crippen molar-refractivity contribution in [3.63, 3.8) is 0 Å². The molecule has 1 radical (unpaired) electrons. The van der Waals surface area contributed by atoms with Gasteiger partial charge in [0.1, 0.15) is 0 Å². The van der Waals surface area contributed by atoms with Crippen molar-refractivity contribution < 1.29 is 32.7 Å². The summed E-state index contributed by atoms with van der Waals surface area (Å²) < 4.78 is 0. The summed E-state index contributed by atoms with van der Waals surface area (Å²) in [4.78, 5) is 2.02. The molecule has 1 aromatic rings. The van der Waals surface area contributed by atoms with Gasteiger partial charge < -0.3 is 4.90 Å². The van der Waals surface area contributed by atoms with Crippen LogP contribution in [0.5, 0.6) is 0 Å². The third-order valence-electron chi connectivity index (χ3n) is 2.54. The summed E-state index contributed by atoms with van der Waals surface area (Å²) in [5, 5.41) is 0. The second-order valence-corrected chi connectivity index (χ2v) is 3.78. The third kappa shape index (κ3) is 2.93. The number of hydrogen-bond donors (Lipinski definition) is 0. The number of benzene rings is 1. The second kappa shape index (κ2) is 5.61. The predicted octanol–water partition coefficient (Wildman–Crippen LogP) is 3.15. The SMILES string of the molecule is C=C1C=CC(c2c[c-]c(C)cc2)=CN1C.[Y]. The molecule has 2 rings (SSSR count). The average molecular weight is 285 g/mol. The van der Waals surface area contributed by atoms with Crippen LogP contribution in [0.25, 0.3) is 5.57 Å². The number of hydrogen-bond acceptors (Lipinski definition) is 1. The van der Waals surface area contributed by atoms with Crippen molar-refractivity contribution in [1.82, 2.24) is 4.90 Å². The van der Waals surface area contributed by atoms with Crippen LogP contribution < -0.4 is 0 Å². The molecule has 16 heavy (non-hydrogen) atoms. The Morgan fingerprint density at radius 3 is 2.56 bits per heavy atom. The van der Waals surface area contributed by atoms with Crippen molar-refractivity contribution in [2.45, 2.75) is 6.92 Å². The van der Waals surface area contributed by atoms with Crippen molar-refractivity contribution in [3.8, 4) is 0 Å². The van der Waals surface area contributed by atoms with Crippen LogP contribution in [0.2, 0.25) is 0 Å². The molecule has 1 heterocycles. The van der Waals surface area contributed by atoms with Gasteiger partial charge in [-0.15, -0.1) is 5.56 Å². The quantitative estimate of drug-likeness (QED) is 0.716. The Labute approximate surface area is 122 Å². The number of rotatable bonds is 1. The topological polar surface area (TPSA) is 3.24 Å². The predicted molar refractivity (Wildman–Crippen MR) is 64.0 cm³/mol. The fourth-order valence-electron chi connectivity index (χ4n) is 1.49. The molecule has 0 bridgehead atoms. The van der Waals surface area contributed by atoms with Gasteiger partial charge in [0.05, 0.1) is 0 Å². The van der Waals surface area contributed by atoms with Gasteiger partial charge in [0.2, 0.25) is 0 Å². The maximum atomic E-state index is 3.92. The van der Waals surface area contributed by atoms with Crippen molar-refractivity contribution in [3.05, 3.63) is 66.0 Å². The zero-order valence-corrected chi connectivity index (χ0v) is 12.5. The molecule has 1 aliphatic heterocycles. The van der Waals surface area contributed by atoms with Crippen LogP contribution in [0.1, 0.15) is 11.1 Å². The molecule has 0 N–H and O–H groups in total. The van der Waals surface area contributed by atoms with Gasteiger partial charge in [-0.1, -0.05) is 25.2 Å². The first-order valence-corrected chi connectivity index (χ1v) is 4.97. The first-order valence-electron chi connectivity index (χ1n) is 4.97. The number of aryl methyl sites for hydroxylation is 1. The van der Waals surface area contributed by atoms with E-state index in [0.717, 1.165) is 11.3 Å². The molecule has 79 valence electrons. The van der Waals surface area contributed by atoms with Crippen LogP contribution in [0.15, 0.2) is 48.8 Å². The van der Waals surface area contributed by atoms with E-state index >= 15 is 0 Å². The van der Waals surface area contributed by atoms with Gasteiger partial charge in [0.15, 0.2) is 0 Å². The molecule has 0 spiro atoms. The number of nitrogens with zero attached hydrogens (tertiary/aromatic N) is 1. The zero-order chi connectivity index (χ0) is 10.8. The normalized spacial score (nSPS) is 14.5. The number of likely N-dealkylation sites (N-methyl/N-ethyl adjacent to an activating group) is 1. The maximum absolute atomic E-state index is 3.92. The van der Waals surface area contributed by atoms with Crippen LogP contribution in [-0.4, -0.2) is 11.9 Å². The van der Waals surface area contributed by atoms with E-state index in [-0.39, 0.29) is 32.7 Å². The standard InChI is InChI=1S/C14H14N.Y/c1-11-4-7-13(8-5-11)14-9-6-12(2)15(3)10-14;/h4,6-10H,2H2,1,3H3;/q-1;. The monoisotopic (exact) mass is 285 g/mol. The number of allylic oxidation sites excluding steroid dienone is 3. The van der Waals surface area contributed by atoms with E-state index in [1.165, 1.54) is 11.1 Å². The summed E-state index contributed by atoms with van der Waals surface area (Å²) in [5.74, 6) is 0. The molecule has 0 fully saturated rings. The molecule has 0 unspecified atom stereocenters. The van der Waals surface area contributed by atoms with Gasteiger partial charge in [0.25, 0.3) is 0 Å². The van der Waals surface area contributed by atoms with Gasteiger partial charge in [-0.3, -0.25) is 0 Å². The minimum Gasteiger partial charge on any atom is -0.352 e. The first-order chi connectivity index (χ1) is 7.16. The Bertz CT molecular complexity index is 440. The van der Waals surface area contributed by atoms with Crippen molar-refractivity contribution in [2.24, 2.45) is 0 Å². The van der Waals surface area contributed by atoms with E-state index in [1.54, 1.807) is 0 Å². The second-order valence-electron chi connectivity index (χ2n) is 3.78. The Balaban J connectivity index is 0.00000128. The molecular weight excluding hydrogens is 271 g/mol. The van der Waals surface area contributed by atoms with Gasteiger partial charge in [-0.05, 0) is 12.3 Å². The molecular formula is C14H14NY-. The molecule has 0 atom stereocenters. The van der Waals surface area contributed by atoms with E-state index in [4.69, 9.17) is 0 Å². The van der Waals surface area contributed by atoms with Crippen LogP contribution in [0, 0.1) is 13.0 Å². The minimum atomic E-state index is 0. The molecule has 1 nitrogen and oxygen atoms in total. The molecule has 0 aromatic heterocycles. The fourth-order valence-corrected chi connectivity index (χ4v) is 1.49. The molecule has 0 amide bonds. The molecule has 2 heteroatoms. The van der Waals surface area contributed by atoms with Crippen LogP contribution >= 0.6 is 0 Å². The van der Waals surface area contributed by atoms with E-state index in [0.29, 0.717) is 0 Å². The summed E-state index contributed by atoms with van der Waals surface area (Å²) in [6.07, 6.45) is 6.19. The van der Waals surface area contributed by atoms with E-state index in [2.05, 4.69) is 37.1 Å². The Morgan fingerprint density at radius 2 is 2.00 bits per heavy atom. The summed E-state index contributed by atoms with van der Waals surface area (Å²) in [5.41, 5.74) is 4.56. The maximum Gasteiger partial charge on any atom is 0.0330 e. The zero-order valence-electron chi connectivity index (χ0n) is 9.70. The van der Waals surface area contributed by atoms with Crippen molar-refractivity contribution in [1.29, 1.82) is 0 Å². The Kier molecular flexibility index (Phi) is 4.70. The molecule has 0 saturated carbocycles. The fraction of sp³-hybridized carbons (Fsp3) is 0.143. The van der Waals surface area contributed by atoms with Gasteiger partial charge in [-0.25, -0.2) is 0 Å².